The Kier molecular flexibility index (Phi) is 3.70. The number of halogens is 1. The first-order valence-corrected chi connectivity index (χ1v) is 7.94. The summed E-state index contributed by atoms with van der Waals surface area (Å²) in [6.45, 7) is 0.627. The molecule has 4 rings (SSSR count). The Morgan fingerprint density at radius 1 is 0.958 bits per heavy atom. The van der Waals surface area contributed by atoms with E-state index in [1.165, 1.54) is 0 Å². The van der Waals surface area contributed by atoms with Crippen molar-refractivity contribution in [3.8, 4) is 22.5 Å². The van der Waals surface area contributed by atoms with Crippen molar-refractivity contribution < 1.29 is 4.79 Å². The van der Waals surface area contributed by atoms with Crippen LogP contribution in [0.4, 0.5) is 0 Å². The molecule has 1 N–H and O–H groups in total. The number of pyridine rings is 3. The predicted molar refractivity (Wildman–Crippen MR) is 91.7 cm³/mol. The first kappa shape index (κ1) is 14.8. The van der Waals surface area contributed by atoms with Crippen molar-refractivity contribution in [3.05, 3.63) is 65.2 Å². The van der Waals surface area contributed by atoms with Crippen LogP contribution in [0, 0.1) is 0 Å². The zero-order valence-corrected chi connectivity index (χ0v) is 13.4. The number of fused-ring (bicyclic) bond motifs is 1. The molecule has 1 amide bonds. The van der Waals surface area contributed by atoms with E-state index in [2.05, 4.69) is 20.3 Å². The van der Waals surface area contributed by atoms with Gasteiger partial charge in [0.1, 0.15) is 5.15 Å². The summed E-state index contributed by atoms with van der Waals surface area (Å²) in [4.78, 5) is 24.9. The molecule has 1 aliphatic rings. The standard InChI is InChI=1S/C18H13ClN4O/c19-16-10-11(1-6-21-16)15-9-12(2-5-20-15)17-13-3-8-23-18(24)14(13)4-7-22-17/h1-2,4-7,9-10H,3,8H2,(H,23,24). The van der Waals surface area contributed by atoms with Crippen LogP contribution in [-0.2, 0) is 6.42 Å². The van der Waals surface area contributed by atoms with Crippen LogP contribution in [0.25, 0.3) is 22.5 Å². The Hall–Kier alpha value is -2.79. The number of carbonyl (C=O) groups is 1. The van der Waals surface area contributed by atoms with E-state index in [1.54, 1.807) is 30.7 Å². The smallest absolute Gasteiger partial charge is 0.251 e. The molecule has 0 unspecified atom stereocenters. The average Bonchev–Trinajstić information content (AvgIpc) is 2.62. The van der Waals surface area contributed by atoms with E-state index < -0.39 is 0 Å². The van der Waals surface area contributed by atoms with Crippen LogP contribution in [0.3, 0.4) is 0 Å². The van der Waals surface area contributed by atoms with Gasteiger partial charge in [-0.15, -0.1) is 0 Å². The lowest BCUT2D eigenvalue weighted by atomic mass is 9.95. The average molecular weight is 337 g/mol. The third-order valence-corrected chi connectivity index (χ3v) is 4.22. The highest BCUT2D eigenvalue weighted by Crippen LogP contribution is 2.29. The molecule has 0 atom stereocenters. The minimum absolute atomic E-state index is 0.0462. The number of hydrogen-bond donors (Lipinski definition) is 1. The molecule has 24 heavy (non-hydrogen) atoms. The van der Waals surface area contributed by atoms with Gasteiger partial charge in [-0.3, -0.25) is 14.8 Å². The molecule has 1 aliphatic heterocycles. The first-order chi connectivity index (χ1) is 11.7. The zero-order valence-electron chi connectivity index (χ0n) is 12.7. The van der Waals surface area contributed by atoms with E-state index in [-0.39, 0.29) is 5.91 Å². The molecule has 6 heteroatoms. The van der Waals surface area contributed by atoms with Crippen molar-refractivity contribution in [2.75, 3.05) is 6.54 Å². The van der Waals surface area contributed by atoms with Crippen LogP contribution >= 0.6 is 11.6 Å². The molecule has 0 saturated heterocycles. The van der Waals surface area contributed by atoms with Gasteiger partial charge in [0.05, 0.1) is 11.4 Å². The summed E-state index contributed by atoms with van der Waals surface area (Å²) in [6, 6.07) is 9.26. The number of carbonyl (C=O) groups excluding carboxylic acids is 1. The maximum Gasteiger partial charge on any atom is 0.251 e. The van der Waals surface area contributed by atoms with Gasteiger partial charge >= 0.3 is 0 Å². The summed E-state index contributed by atoms with van der Waals surface area (Å²) >= 11 is 5.97. The number of aromatic nitrogens is 3. The topological polar surface area (TPSA) is 67.8 Å². The van der Waals surface area contributed by atoms with Gasteiger partial charge in [-0.05, 0) is 42.3 Å². The highest BCUT2D eigenvalue weighted by molar-refractivity contribution is 6.29. The first-order valence-electron chi connectivity index (χ1n) is 7.57. The second-order valence-corrected chi connectivity index (χ2v) is 5.88. The minimum Gasteiger partial charge on any atom is -0.352 e. The summed E-state index contributed by atoms with van der Waals surface area (Å²) in [7, 11) is 0. The fraction of sp³-hybridized carbons (Fsp3) is 0.111. The Bertz CT molecular complexity index is 942. The monoisotopic (exact) mass is 336 g/mol. The van der Waals surface area contributed by atoms with Gasteiger partial charge in [-0.2, -0.15) is 0 Å². The number of hydrogen-bond acceptors (Lipinski definition) is 4. The van der Waals surface area contributed by atoms with E-state index in [1.807, 2.05) is 18.2 Å². The van der Waals surface area contributed by atoms with Crippen molar-refractivity contribution in [2.24, 2.45) is 0 Å². The zero-order chi connectivity index (χ0) is 16.5. The molecule has 5 nitrogen and oxygen atoms in total. The molecule has 0 spiro atoms. The van der Waals surface area contributed by atoms with Gasteiger partial charge in [0.25, 0.3) is 5.91 Å². The highest BCUT2D eigenvalue weighted by Gasteiger charge is 2.21. The van der Waals surface area contributed by atoms with Gasteiger partial charge in [0.2, 0.25) is 0 Å². The Labute approximate surface area is 143 Å². The molecule has 0 aliphatic carbocycles. The second-order valence-electron chi connectivity index (χ2n) is 5.49. The van der Waals surface area contributed by atoms with E-state index in [9.17, 15) is 4.79 Å². The lowest BCUT2D eigenvalue weighted by molar-refractivity contribution is 0.0946. The number of rotatable bonds is 2. The second kappa shape index (κ2) is 6.02. The molecular formula is C18H13ClN4O. The van der Waals surface area contributed by atoms with Crippen molar-refractivity contribution in [3.63, 3.8) is 0 Å². The number of nitrogens with zero attached hydrogens (tertiary/aromatic N) is 3. The fourth-order valence-corrected chi connectivity index (χ4v) is 3.07. The van der Waals surface area contributed by atoms with Crippen LogP contribution in [0.2, 0.25) is 5.15 Å². The highest BCUT2D eigenvalue weighted by atomic mass is 35.5. The van der Waals surface area contributed by atoms with Crippen molar-refractivity contribution >= 4 is 17.5 Å². The molecule has 0 aromatic carbocycles. The molecular weight excluding hydrogens is 324 g/mol. The van der Waals surface area contributed by atoms with Crippen molar-refractivity contribution in [2.45, 2.75) is 6.42 Å². The molecule has 0 saturated carbocycles. The summed E-state index contributed by atoms with van der Waals surface area (Å²) in [5, 5.41) is 3.28. The van der Waals surface area contributed by atoms with Crippen LogP contribution in [0.1, 0.15) is 15.9 Å². The Morgan fingerprint density at radius 2 is 1.75 bits per heavy atom. The third kappa shape index (κ3) is 2.63. The van der Waals surface area contributed by atoms with Crippen LogP contribution < -0.4 is 5.32 Å². The molecule has 0 radical (unpaired) electrons. The predicted octanol–water partition coefficient (Wildman–Crippen LogP) is 3.14. The number of amides is 1. The normalized spacial score (nSPS) is 13.3. The fourth-order valence-electron chi connectivity index (χ4n) is 2.90. The summed E-state index contributed by atoms with van der Waals surface area (Å²) < 4.78 is 0. The van der Waals surface area contributed by atoms with Gasteiger partial charge in [0.15, 0.2) is 0 Å². The van der Waals surface area contributed by atoms with Crippen LogP contribution in [0.5, 0.6) is 0 Å². The molecule has 0 bridgehead atoms. The summed E-state index contributed by atoms with van der Waals surface area (Å²) in [5.74, 6) is -0.0462. The lowest BCUT2D eigenvalue weighted by Gasteiger charge is -2.19. The quantitative estimate of drug-likeness (QED) is 0.730. The lowest BCUT2D eigenvalue weighted by Crippen LogP contribution is -2.32. The Balaban J connectivity index is 1.83. The van der Waals surface area contributed by atoms with Crippen LogP contribution in [0.15, 0.2) is 48.9 Å². The van der Waals surface area contributed by atoms with E-state index in [0.29, 0.717) is 17.3 Å². The largest absolute Gasteiger partial charge is 0.352 e. The number of nitrogens with one attached hydrogen (secondary N) is 1. The van der Waals surface area contributed by atoms with Crippen molar-refractivity contribution in [1.29, 1.82) is 0 Å². The SMILES string of the molecule is O=C1NCCc2c1ccnc2-c1ccnc(-c2ccnc(Cl)c2)c1. The summed E-state index contributed by atoms with van der Waals surface area (Å²) in [5.41, 5.74) is 5.10. The van der Waals surface area contributed by atoms with Gasteiger partial charge in [-0.1, -0.05) is 11.6 Å². The maximum absolute atomic E-state index is 12.0. The van der Waals surface area contributed by atoms with E-state index in [4.69, 9.17) is 11.6 Å². The van der Waals surface area contributed by atoms with Gasteiger partial charge < -0.3 is 5.32 Å². The van der Waals surface area contributed by atoms with Crippen LogP contribution in [-0.4, -0.2) is 27.4 Å². The van der Waals surface area contributed by atoms with E-state index in [0.717, 1.165) is 34.5 Å². The van der Waals surface area contributed by atoms with Gasteiger partial charge in [0, 0.05) is 41.8 Å². The molecule has 3 aromatic heterocycles. The molecule has 118 valence electrons. The molecule has 0 fully saturated rings. The maximum atomic E-state index is 12.0. The minimum atomic E-state index is -0.0462. The third-order valence-electron chi connectivity index (χ3n) is 4.02. The summed E-state index contributed by atoms with van der Waals surface area (Å²) in [6.07, 6.45) is 5.83. The Morgan fingerprint density at radius 3 is 2.62 bits per heavy atom. The van der Waals surface area contributed by atoms with E-state index >= 15 is 0 Å². The molecule has 4 heterocycles. The van der Waals surface area contributed by atoms with Gasteiger partial charge in [-0.25, -0.2) is 4.98 Å². The van der Waals surface area contributed by atoms with Crippen molar-refractivity contribution in [1.82, 2.24) is 20.3 Å². The molecule has 3 aromatic rings.